The van der Waals surface area contributed by atoms with Crippen molar-refractivity contribution in [2.45, 2.75) is 12.1 Å². The minimum absolute atomic E-state index is 0.0413. The van der Waals surface area contributed by atoms with E-state index in [1.165, 1.54) is 4.90 Å². The highest BCUT2D eigenvalue weighted by Gasteiger charge is 2.46. The Morgan fingerprint density at radius 3 is 2.75 bits per heavy atom. The van der Waals surface area contributed by atoms with Crippen molar-refractivity contribution in [1.82, 2.24) is 5.32 Å². The third-order valence-electron chi connectivity index (χ3n) is 3.61. The molecule has 2 aliphatic rings. The number of rotatable bonds is 1. The van der Waals surface area contributed by atoms with Crippen molar-refractivity contribution in [2.75, 3.05) is 23.0 Å². The predicted octanol–water partition coefficient (Wildman–Crippen LogP) is 1.10. The molecule has 8 heteroatoms. The van der Waals surface area contributed by atoms with Crippen LogP contribution in [-0.2, 0) is 14.6 Å². The van der Waals surface area contributed by atoms with Gasteiger partial charge in [-0.1, -0.05) is 23.2 Å². The van der Waals surface area contributed by atoms with Crippen LogP contribution in [0.3, 0.4) is 0 Å². The summed E-state index contributed by atoms with van der Waals surface area (Å²) in [5.41, 5.74) is 0.470. The van der Waals surface area contributed by atoms with Crippen molar-refractivity contribution in [3.8, 4) is 0 Å². The summed E-state index contributed by atoms with van der Waals surface area (Å²) in [5, 5.41) is 3.81. The van der Waals surface area contributed by atoms with Gasteiger partial charge in [0.15, 0.2) is 9.84 Å². The quantitative estimate of drug-likeness (QED) is 0.835. The van der Waals surface area contributed by atoms with E-state index in [9.17, 15) is 13.2 Å². The highest BCUT2D eigenvalue weighted by Crippen LogP contribution is 2.34. The molecule has 5 nitrogen and oxygen atoms in total. The first-order valence-electron chi connectivity index (χ1n) is 6.08. The molecule has 3 rings (SSSR count). The summed E-state index contributed by atoms with van der Waals surface area (Å²) < 4.78 is 23.6. The molecule has 0 spiro atoms. The number of piperazine rings is 1. The molecule has 2 fully saturated rings. The summed E-state index contributed by atoms with van der Waals surface area (Å²) in [6, 6.07) is 4.13. The normalized spacial score (nSPS) is 28.5. The lowest BCUT2D eigenvalue weighted by molar-refractivity contribution is -0.119. The maximum absolute atomic E-state index is 12.2. The van der Waals surface area contributed by atoms with Crippen LogP contribution in [0.2, 0.25) is 10.0 Å². The van der Waals surface area contributed by atoms with E-state index in [2.05, 4.69) is 5.32 Å². The summed E-state index contributed by atoms with van der Waals surface area (Å²) >= 11 is 12.1. The number of nitrogens with one attached hydrogen (secondary N) is 1. The molecule has 0 saturated carbocycles. The van der Waals surface area contributed by atoms with Gasteiger partial charge in [0.2, 0.25) is 5.91 Å². The van der Waals surface area contributed by atoms with Gasteiger partial charge in [-0.05, 0) is 18.2 Å². The van der Waals surface area contributed by atoms with E-state index in [0.717, 1.165) is 0 Å². The number of sulfone groups is 1. The molecule has 1 N–H and O–H groups in total. The lowest BCUT2D eigenvalue weighted by Crippen LogP contribution is -2.60. The molecule has 0 radical (unpaired) electrons. The van der Waals surface area contributed by atoms with E-state index >= 15 is 0 Å². The van der Waals surface area contributed by atoms with Crippen LogP contribution in [0.1, 0.15) is 0 Å². The fourth-order valence-electron chi connectivity index (χ4n) is 2.75. The van der Waals surface area contributed by atoms with Gasteiger partial charge in [0.25, 0.3) is 0 Å². The van der Waals surface area contributed by atoms with Crippen LogP contribution in [0.4, 0.5) is 5.69 Å². The summed E-state index contributed by atoms with van der Waals surface area (Å²) in [4.78, 5) is 13.7. The Labute approximate surface area is 126 Å². The Morgan fingerprint density at radius 1 is 1.25 bits per heavy atom. The fourth-order valence-corrected chi connectivity index (χ4v) is 5.05. The summed E-state index contributed by atoms with van der Waals surface area (Å²) in [5.74, 6) is -0.216. The largest absolute Gasteiger partial charge is 0.304 e. The van der Waals surface area contributed by atoms with Gasteiger partial charge in [0, 0.05) is 11.1 Å². The minimum Gasteiger partial charge on any atom is -0.304 e. The number of benzene rings is 1. The van der Waals surface area contributed by atoms with Gasteiger partial charge in [-0.3, -0.25) is 4.79 Å². The van der Waals surface area contributed by atoms with E-state index < -0.39 is 15.9 Å². The molecular weight excluding hydrogens is 323 g/mol. The number of carbonyl (C=O) groups excluding carboxylic acids is 1. The van der Waals surface area contributed by atoms with Crippen LogP contribution in [-0.4, -0.2) is 44.5 Å². The lowest BCUT2D eigenvalue weighted by atomic mass is 10.1. The van der Waals surface area contributed by atoms with Gasteiger partial charge in [0.1, 0.15) is 0 Å². The van der Waals surface area contributed by atoms with Crippen LogP contribution in [0, 0.1) is 0 Å². The maximum atomic E-state index is 12.2. The topological polar surface area (TPSA) is 66.5 Å². The van der Waals surface area contributed by atoms with E-state index in [1.54, 1.807) is 18.2 Å². The van der Waals surface area contributed by atoms with Crippen molar-refractivity contribution in [3.63, 3.8) is 0 Å². The number of carbonyl (C=O) groups is 1. The van der Waals surface area contributed by atoms with Crippen LogP contribution in [0.5, 0.6) is 0 Å². The van der Waals surface area contributed by atoms with Gasteiger partial charge >= 0.3 is 0 Å². The average molecular weight is 335 g/mol. The number of amides is 1. The average Bonchev–Trinajstić information content (AvgIpc) is 2.67. The number of fused-ring (bicyclic) bond motifs is 1. The summed E-state index contributed by atoms with van der Waals surface area (Å²) in [6.45, 7) is 0.0968. The molecule has 2 saturated heterocycles. The first-order chi connectivity index (χ1) is 9.37. The molecule has 2 heterocycles. The molecule has 0 bridgehead atoms. The first-order valence-corrected chi connectivity index (χ1v) is 8.66. The Hall–Kier alpha value is -0.820. The zero-order valence-electron chi connectivity index (χ0n) is 10.3. The van der Waals surface area contributed by atoms with E-state index in [1.807, 2.05) is 0 Å². The van der Waals surface area contributed by atoms with Gasteiger partial charge in [0.05, 0.1) is 34.8 Å². The molecule has 108 valence electrons. The van der Waals surface area contributed by atoms with Crippen molar-refractivity contribution < 1.29 is 13.2 Å². The molecule has 20 heavy (non-hydrogen) atoms. The van der Waals surface area contributed by atoms with E-state index in [0.29, 0.717) is 15.7 Å². The minimum atomic E-state index is -3.15. The Kier molecular flexibility index (Phi) is 3.44. The van der Waals surface area contributed by atoms with Crippen molar-refractivity contribution >= 4 is 44.6 Å². The molecule has 1 aromatic carbocycles. The van der Waals surface area contributed by atoms with Crippen molar-refractivity contribution in [1.29, 1.82) is 0 Å². The number of anilines is 1. The van der Waals surface area contributed by atoms with E-state index in [-0.39, 0.29) is 30.0 Å². The van der Waals surface area contributed by atoms with Crippen LogP contribution < -0.4 is 10.2 Å². The Morgan fingerprint density at radius 2 is 2.00 bits per heavy atom. The summed E-state index contributed by atoms with van der Waals surface area (Å²) in [6.07, 6.45) is 0. The molecule has 0 aliphatic carbocycles. The SMILES string of the molecule is O=C1CNC2CS(=O)(=O)CC2N1c1cc(Cl)ccc1Cl. The molecule has 0 aromatic heterocycles. The standard InChI is InChI=1S/C12H12Cl2N2O3S/c13-7-1-2-8(14)10(3-7)16-11-6-20(18,19)5-9(11)15-4-12(16)17/h1-3,9,11,15H,4-6H2. The van der Waals surface area contributed by atoms with Gasteiger partial charge < -0.3 is 10.2 Å². The molecule has 1 amide bonds. The molecular formula is C12H12Cl2N2O3S. The number of halogens is 2. The summed E-state index contributed by atoms with van der Waals surface area (Å²) in [7, 11) is -3.15. The smallest absolute Gasteiger partial charge is 0.241 e. The van der Waals surface area contributed by atoms with Crippen molar-refractivity contribution in [2.24, 2.45) is 0 Å². The monoisotopic (exact) mass is 334 g/mol. The number of hydrogen-bond donors (Lipinski definition) is 1. The van der Waals surface area contributed by atoms with Crippen LogP contribution in [0.25, 0.3) is 0 Å². The third-order valence-corrected chi connectivity index (χ3v) is 5.88. The second-order valence-electron chi connectivity index (χ2n) is 4.99. The first kappa shape index (κ1) is 14.1. The Bertz CT molecular complexity index is 677. The third kappa shape index (κ3) is 2.41. The highest BCUT2D eigenvalue weighted by molar-refractivity contribution is 7.91. The van der Waals surface area contributed by atoms with Crippen LogP contribution in [0.15, 0.2) is 18.2 Å². The zero-order chi connectivity index (χ0) is 14.5. The van der Waals surface area contributed by atoms with Gasteiger partial charge in [-0.15, -0.1) is 0 Å². The molecule has 1 aromatic rings. The highest BCUT2D eigenvalue weighted by atomic mass is 35.5. The van der Waals surface area contributed by atoms with E-state index in [4.69, 9.17) is 23.2 Å². The lowest BCUT2D eigenvalue weighted by Gasteiger charge is -2.37. The fraction of sp³-hybridized carbons (Fsp3) is 0.417. The molecule has 2 unspecified atom stereocenters. The van der Waals surface area contributed by atoms with Gasteiger partial charge in [-0.2, -0.15) is 0 Å². The maximum Gasteiger partial charge on any atom is 0.241 e. The predicted molar refractivity (Wildman–Crippen MR) is 78.2 cm³/mol. The van der Waals surface area contributed by atoms with Crippen LogP contribution >= 0.6 is 23.2 Å². The molecule has 2 atom stereocenters. The zero-order valence-corrected chi connectivity index (χ0v) is 12.7. The second-order valence-corrected chi connectivity index (χ2v) is 7.99. The Balaban J connectivity index is 2.06. The molecule has 2 aliphatic heterocycles. The van der Waals surface area contributed by atoms with Crippen molar-refractivity contribution in [3.05, 3.63) is 28.2 Å². The number of nitrogens with zero attached hydrogens (tertiary/aromatic N) is 1. The number of hydrogen-bond acceptors (Lipinski definition) is 4. The second kappa shape index (κ2) is 4.87. The van der Waals surface area contributed by atoms with Gasteiger partial charge in [-0.25, -0.2) is 8.42 Å².